The van der Waals surface area contributed by atoms with Crippen LogP contribution in [0, 0.1) is 0 Å². The van der Waals surface area contributed by atoms with Gasteiger partial charge in [-0.3, -0.25) is 0 Å². The summed E-state index contributed by atoms with van der Waals surface area (Å²) in [6.07, 6.45) is 5.90. The molecule has 2 nitrogen and oxygen atoms in total. The average molecular weight is 248 g/mol. The van der Waals surface area contributed by atoms with Crippen LogP contribution >= 0.6 is 0 Å². The third kappa shape index (κ3) is 5.54. The first kappa shape index (κ1) is 15.0. The van der Waals surface area contributed by atoms with Crippen LogP contribution in [0.4, 0.5) is 5.69 Å². The van der Waals surface area contributed by atoms with Crippen molar-refractivity contribution in [1.29, 1.82) is 0 Å². The number of anilines is 1. The maximum absolute atomic E-state index is 6.11. The Bertz CT molecular complexity index is 297. The highest BCUT2D eigenvalue weighted by atomic mass is 15.1. The predicted molar refractivity (Wildman–Crippen MR) is 81.1 cm³/mol. The summed E-state index contributed by atoms with van der Waals surface area (Å²) >= 11 is 0. The molecule has 0 aromatic heterocycles. The van der Waals surface area contributed by atoms with Crippen molar-refractivity contribution in [2.75, 3.05) is 18.0 Å². The molecule has 0 aliphatic heterocycles. The lowest BCUT2D eigenvalue weighted by Gasteiger charge is -2.26. The third-order valence-electron chi connectivity index (χ3n) is 3.33. The first-order chi connectivity index (χ1) is 8.77. The molecule has 1 unspecified atom stereocenters. The Kier molecular flexibility index (Phi) is 7.51. The summed E-state index contributed by atoms with van der Waals surface area (Å²) in [6, 6.07) is 11.0. The summed E-state index contributed by atoms with van der Waals surface area (Å²) in [6.45, 7) is 6.66. The van der Waals surface area contributed by atoms with Gasteiger partial charge in [-0.05, 0) is 31.4 Å². The Morgan fingerprint density at radius 3 is 2.33 bits per heavy atom. The molecule has 0 spiro atoms. The predicted octanol–water partition coefficient (Wildman–Crippen LogP) is 3.81. The minimum atomic E-state index is 0.350. The second-order valence-corrected chi connectivity index (χ2v) is 5.01. The van der Waals surface area contributed by atoms with Crippen molar-refractivity contribution < 1.29 is 0 Å². The smallest absolute Gasteiger partial charge is 0.0366 e. The largest absolute Gasteiger partial charge is 0.371 e. The molecule has 102 valence electrons. The summed E-state index contributed by atoms with van der Waals surface area (Å²) in [5, 5.41) is 0. The van der Waals surface area contributed by atoms with Gasteiger partial charge in [0.25, 0.3) is 0 Å². The Morgan fingerprint density at radius 1 is 1.00 bits per heavy atom. The maximum atomic E-state index is 6.11. The zero-order chi connectivity index (χ0) is 13.2. The minimum Gasteiger partial charge on any atom is -0.371 e. The van der Waals surface area contributed by atoms with Crippen LogP contribution in [0.2, 0.25) is 0 Å². The minimum absolute atomic E-state index is 0.350. The monoisotopic (exact) mass is 248 g/mol. The number of hydrogen-bond acceptors (Lipinski definition) is 2. The summed E-state index contributed by atoms with van der Waals surface area (Å²) in [5.74, 6) is 0. The highest BCUT2D eigenvalue weighted by Crippen LogP contribution is 2.15. The van der Waals surface area contributed by atoms with Gasteiger partial charge in [-0.25, -0.2) is 0 Å². The molecular formula is C16H28N2. The molecule has 0 aliphatic rings. The Labute approximate surface area is 112 Å². The second kappa shape index (κ2) is 8.98. The topological polar surface area (TPSA) is 29.3 Å². The van der Waals surface area contributed by atoms with E-state index in [1.54, 1.807) is 0 Å². The van der Waals surface area contributed by atoms with Crippen LogP contribution in [0.3, 0.4) is 0 Å². The van der Waals surface area contributed by atoms with Gasteiger partial charge in [0.2, 0.25) is 0 Å². The third-order valence-corrected chi connectivity index (χ3v) is 3.33. The Hall–Kier alpha value is -1.02. The van der Waals surface area contributed by atoms with Gasteiger partial charge in [0, 0.05) is 24.8 Å². The van der Waals surface area contributed by atoms with Gasteiger partial charge < -0.3 is 10.6 Å². The SMILES string of the molecule is CCCCN(CCC(N)CCC)c1ccccc1. The molecule has 0 saturated carbocycles. The second-order valence-electron chi connectivity index (χ2n) is 5.01. The molecule has 1 aromatic rings. The molecule has 18 heavy (non-hydrogen) atoms. The van der Waals surface area contributed by atoms with E-state index in [1.807, 2.05) is 0 Å². The van der Waals surface area contributed by atoms with Crippen LogP contribution in [0.25, 0.3) is 0 Å². The number of hydrogen-bond donors (Lipinski definition) is 1. The van der Waals surface area contributed by atoms with E-state index in [2.05, 4.69) is 49.1 Å². The van der Waals surface area contributed by atoms with Crippen LogP contribution in [-0.4, -0.2) is 19.1 Å². The van der Waals surface area contributed by atoms with E-state index in [1.165, 1.54) is 24.9 Å². The lowest BCUT2D eigenvalue weighted by molar-refractivity contribution is 0.549. The number of nitrogens with zero attached hydrogens (tertiary/aromatic N) is 1. The van der Waals surface area contributed by atoms with Crippen molar-refractivity contribution in [3.63, 3.8) is 0 Å². The van der Waals surface area contributed by atoms with Gasteiger partial charge in [-0.1, -0.05) is 44.9 Å². The van der Waals surface area contributed by atoms with Gasteiger partial charge in [-0.15, -0.1) is 0 Å². The van der Waals surface area contributed by atoms with Crippen molar-refractivity contribution in [3.8, 4) is 0 Å². The molecule has 0 heterocycles. The molecule has 1 rings (SSSR count). The van der Waals surface area contributed by atoms with E-state index >= 15 is 0 Å². The zero-order valence-electron chi connectivity index (χ0n) is 11.9. The van der Waals surface area contributed by atoms with E-state index < -0.39 is 0 Å². The van der Waals surface area contributed by atoms with Gasteiger partial charge >= 0.3 is 0 Å². The quantitative estimate of drug-likeness (QED) is 0.720. The summed E-state index contributed by atoms with van der Waals surface area (Å²) in [7, 11) is 0. The summed E-state index contributed by atoms with van der Waals surface area (Å²) < 4.78 is 0. The van der Waals surface area contributed by atoms with Crippen LogP contribution in [-0.2, 0) is 0 Å². The Morgan fingerprint density at radius 2 is 1.72 bits per heavy atom. The standard InChI is InChI=1S/C16H28N2/c1-3-5-13-18(14-12-15(17)9-4-2)16-10-7-6-8-11-16/h6-8,10-11,15H,3-5,9,12-14,17H2,1-2H3. The molecule has 2 heteroatoms. The molecule has 0 aliphatic carbocycles. The lowest BCUT2D eigenvalue weighted by Crippen LogP contribution is -2.31. The van der Waals surface area contributed by atoms with Gasteiger partial charge in [0.05, 0.1) is 0 Å². The van der Waals surface area contributed by atoms with E-state index in [0.717, 1.165) is 25.9 Å². The highest BCUT2D eigenvalue weighted by molar-refractivity contribution is 5.45. The first-order valence-corrected chi connectivity index (χ1v) is 7.33. The van der Waals surface area contributed by atoms with E-state index in [9.17, 15) is 0 Å². The van der Waals surface area contributed by atoms with Crippen molar-refractivity contribution in [3.05, 3.63) is 30.3 Å². The van der Waals surface area contributed by atoms with E-state index in [-0.39, 0.29) is 0 Å². The van der Waals surface area contributed by atoms with E-state index in [4.69, 9.17) is 5.73 Å². The van der Waals surface area contributed by atoms with Crippen LogP contribution in [0.1, 0.15) is 46.0 Å². The van der Waals surface area contributed by atoms with Crippen molar-refractivity contribution in [1.82, 2.24) is 0 Å². The van der Waals surface area contributed by atoms with Gasteiger partial charge in [0.15, 0.2) is 0 Å². The number of nitrogens with two attached hydrogens (primary N) is 1. The van der Waals surface area contributed by atoms with Crippen molar-refractivity contribution in [2.45, 2.75) is 52.0 Å². The van der Waals surface area contributed by atoms with Gasteiger partial charge in [-0.2, -0.15) is 0 Å². The number of rotatable bonds is 9. The first-order valence-electron chi connectivity index (χ1n) is 7.33. The molecule has 0 amide bonds. The highest BCUT2D eigenvalue weighted by Gasteiger charge is 2.08. The molecule has 0 bridgehead atoms. The molecule has 0 fully saturated rings. The van der Waals surface area contributed by atoms with Crippen LogP contribution in [0.15, 0.2) is 30.3 Å². The number of para-hydroxylation sites is 1. The molecule has 0 radical (unpaired) electrons. The molecule has 0 saturated heterocycles. The fraction of sp³-hybridized carbons (Fsp3) is 0.625. The van der Waals surface area contributed by atoms with E-state index in [0.29, 0.717) is 6.04 Å². The summed E-state index contributed by atoms with van der Waals surface area (Å²) in [4.78, 5) is 2.47. The van der Waals surface area contributed by atoms with Gasteiger partial charge in [0.1, 0.15) is 0 Å². The van der Waals surface area contributed by atoms with Crippen molar-refractivity contribution in [2.24, 2.45) is 5.73 Å². The fourth-order valence-corrected chi connectivity index (χ4v) is 2.19. The average Bonchev–Trinajstić information content (AvgIpc) is 2.40. The molecular weight excluding hydrogens is 220 g/mol. The maximum Gasteiger partial charge on any atom is 0.0366 e. The lowest BCUT2D eigenvalue weighted by atomic mass is 10.1. The molecule has 2 N–H and O–H groups in total. The molecule has 1 aromatic carbocycles. The van der Waals surface area contributed by atoms with Crippen molar-refractivity contribution >= 4 is 5.69 Å². The Balaban J connectivity index is 2.51. The number of unbranched alkanes of at least 4 members (excludes halogenated alkanes) is 1. The summed E-state index contributed by atoms with van der Waals surface area (Å²) in [5.41, 5.74) is 7.44. The normalized spacial score (nSPS) is 12.4. The van der Waals surface area contributed by atoms with Crippen LogP contribution in [0.5, 0.6) is 0 Å². The number of benzene rings is 1. The van der Waals surface area contributed by atoms with Crippen LogP contribution < -0.4 is 10.6 Å². The fourth-order valence-electron chi connectivity index (χ4n) is 2.19. The zero-order valence-corrected chi connectivity index (χ0v) is 11.9. The molecule has 1 atom stereocenters.